The van der Waals surface area contributed by atoms with Crippen LogP contribution < -0.4 is 10.6 Å². The molecule has 0 aromatic heterocycles. The third kappa shape index (κ3) is 3.09. The smallest absolute Gasteiger partial charge is 0.0318 e. The van der Waals surface area contributed by atoms with E-state index in [1.165, 1.54) is 22.8 Å². The first kappa shape index (κ1) is 13.1. The zero-order chi connectivity index (χ0) is 12.8. The minimum absolute atomic E-state index is 0.447. The Bertz CT molecular complexity index is 493. The molecule has 0 saturated carbocycles. The maximum Gasteiger partial charge on any atom is 0.0318 e. The number of benzene rings is 2. The number of hydrogen-bond acceptors (Lipinski definition) is 2. The van der Waals surface area contributed by atoms with Crippen molar-refractivity contribution in [1.82, 2.24) is 10.6 Å². The molecule has 2 rings (SSSR count). The molecule has 0 spiro atoms. The lowest BCUT2D eigenvalue weighted by molar-refractivity contribution is 0.519. The van der Waals surface area contributed by atoms with Gasteiger partial charge >= 0.3 is 0 Å². The van der Waals surface area contributed by atoms with E-state index in [1.807, 2.05) is 14.1 Å². The largest absolute Gasteiger partial charge is 0.320 e. The molecule has 2 heteroatoms. The summed E-state index contributed by atoms with van der Waals surface area (Å²) in [5.41, 5.74) is 1.38. The molecule has 0 heterocycles. The van der Waals surface area contributed by atoms with E-state index in [2.05, 4.69) is 53.1 Å². The molecule has 0 amide bonds. The molecule has 2 nitrogen and oxygen atoms in total. The molecule has 0 aliphatic heterocycles. The van der Waals surface area contributed by atoms with Crippen molar-refractivity contribution in [2.24, 2.45) is 0 Å². The first-order chi connectivity index (χ1) is 8.85. The van der Waals surface area contributed by atoms with Crippen LogP contribution in [0.15, 0.2) is 42.5 Å². The van der Waals surface area contributed by atoms with Gasteiger partial charge in [0.2, 0.25) is 0 Å². The Labute approximate surface area is 109 Å². The quantitative estimate of drug-likeness (QED) is 0.761. The van der Waals surface area contributed by atoms with Crippen LogP contribution in [0.25, 0.3) is 10.8 Å². The summed E-state index contributed by atoms with van der Waals surface area (Å²) < 4.78 is 0. The standard InChI is InChI=1S/C16H22N2/c1-17-11-5-8-16(18-2)15-10-9-13-6-3-4-7-14(13)12-15/h3-4,6-7,9-10,12,16-18H,5,8,11H2,1-2H3. The van der Waals surface area contributed by atoms with Crippen LogP contribution in [0.4, 0.5) is 0 Å². The van der Waals surface area contributed by atoms with Crippen molar-refractivity contribution in [3.63, 3.8) is 0 Å². The summed E-state index contributed by atoms with van der Waals surface area (Å²) in [5.74, 6) is 0. The van der Waals surface area contributed by atoms with E-state index in [4.69, 9.17) is 0 Å². The average Bonchev–Trinajstić information content (AvgIpc) is 2.43. The SMILES string of the molecule is CNCCCC(NC)c1ccc2ccccc2c1. The van der Waals surface area contributed by atoms with Crippen molar-refractivity contribution in [2.45, 2.75) is 18.9 Å². The highest BCUT2D eigenvalue weighted by molar-refractivity contribution is 5.83. The Morgan fingerprint density at radius 3 is 2.50 bits per heavy atom. The number of hydrogen-bond donors (Lipinski definition) is 2. The van der Waals surface area contributed by atoms with E-state index < -0.39 is 0 Å². The molecule has 2 aromatic rings. The monoisotopic (exact) mass is 242 g/mol. The zero-order valence-electron chi connectivity index (χ0n) is 11.2. The molecule has 2 N–H and O–H groups in total. The van der Waals surface area contributed by atoms with Crippen molar-refractivity contribution in [2.75, 3.05) is 20.6 Å². The third-order valence-corrected chi connectivity index (χ3v) is 3.44. The predicted octanol–water partition coefficient (Wildman–Crippen LogP) is 3.10. The fraction of sp³-hybridized carbons (Fsp3) is 0.375. The highest BCUT2D eigenvalue weighted by Gasteiger charge is 2.08. The summed E-state index contributed by atoms with van der Waals surface area (Å²) in [4.78, 5) is 0. The van der Waals surface area contributed by atoms with Crippen LogP contribution in [0.2, 0.25) is 0 Å². The summed E-state index contributed by atoms with van der Waals surface area (Å²) >= 11 is 0. The van der Waals surface area contributed by atoms with E-state index in [-0.39, 0.29) is 0 Å². The van der Waals surface area contributed by atoms with Crippen LogP contribution in [0, 0.1) is 0 Å². The second-order valence-electron chi connectivity index (χ2n) is 4.69. The van der Waals surface area contributed by atoms with Gasteiger partial charge < -0.3 is 10.6 Å². The van der Waals surface area contributed by atoms with Gasteiger partial charge in [-0.1, -0.05) is 36.4 Å². The maximum atomic E-state index is 3.41. The van der Waals surface area contributed by atoms with E-state index in [0.717, 1.165) is 13.0 Å². The summed E-state index contributed by atoms with van der Waals surface area (Å²) in [6.07, 6.45) is 2.35. The van der Waals surface area contributed by atoms with Gasteiger partial charge in [0.25, 0.3) is 0 Å². The molecule has 0 radical (unpaired) electrons. The van der Waals surface area contributed by atoms with Crippen molar-refractivity contribution < 1.29 is 0 Å². The molecule has 18 heavy (non-hydrogen) atoms. The normalized spacial score (nSPS) is 12.8. The molecular formula is C16H22N2. The summed E-state index contributed by atoms with van der Waals surface area (Å²) in [6, 6.07) is 15.7. The predicted molar refractivity (Wildman–Crippen MR) is 78.9 cm³/mol. The summed E-state index contributed by atoms with van der Waals surface area (Å²) in [5, 5.41) is 9.25. The fourth-order valence-electron chi connectivity index (χ4n) is 2.39. The Morgan fingerprint density at radius 2 is 1.78 bits per heavy atom. The lowest BCUT2D eigenvalue weighted by Crippen LogP contribution is -2.18. The highest BCUT2D eigenvalue weighted by Crippen LogP contribution is 2.23. The van der Waals surface area contributed by atoms with Gasteiger partial charge in [0, 0.05) is 6.04 Å². The van der Waals surface area contributed by atoms with Crippen molar-refractivity contribution >= 4 is 10.8 Å². The molecule has 96 valence electrons. The second-order valence-corrected chi connectivity index (χ2v) is 4.69. The zero-order valence-corrected chi connectivity index (χ0v) is 11.2. The molecule has 1 unspecified atom stereocenters. The molecule has 0 bridgehead atoms. The Morgan fingerprint density at radius 1 is 1.00 bits per heavy atom. The molecular weight excluding hydrogens is 220 g/mol. The van der Waals surface area contributed by atoms with E-state index in [0.29, 0.717) is 6.04 Å². The highest BCUT2D eigenvalue weighted by atomic mass is 14.9. The average molecular weight is 242 g/mol. The van der Waals surface area contributed by atoms with E-state index >= 15 is 0 Å². The van der Waals surface area contributed by atoms with E-state index in [1.54, 1.807) is 0 Å². The van der Waals surface area contributed by atoms with Gasteiger partial charge in [-0.3, -0.25) is 0 Å². The van der Waals surface area contributed by atoms with Gasteiger partial charge in [0.15, 0.2) is 0 Å². The van der Waals surface area contributed by atoms with E-state index in [9.17, 15) is 0 Å². The maximum absolute atomic E-state index is 3.41. The summed E-state index contributed by atoms with van der Waals surface area (Å²) in [6.45, 7) is 1.08. The van der Waals surface area contributed by atoms with Gasteiger partial charge in [0.05, 0.1) is 0 Å². The molecule has 0 aliphatic carbocycles. The number of fused-ring (bicyclic) bond motifs is 1. The summed E-state index contributed by atoms with van der Waals surface area (Å²) in [7, 11) is 4.05. The number of nitrogens with one attached hydrogen (secondary N) is 2. The van der Waals surface area contributed by atoms with Crippen LogP contribution >= 0.6 is 0 Å². The topological polar surface area (TPSA) is 24.1 Å². The molecule has 1 atom stereocenters. The van der Waals surface area contributed by atoms with Crippen LogP contribution in [0.1, 0.15) is 24.4 Å². The third-order valence-electron chi connectivity index (χ3n) is 3.44. The lowest BCUT2D eigenvalue weighted by atomic mass is 9.99. The van der Waals surface area contributed by atoms with Gasteiger partial charge in [-0.2, -0.15) is 0 Å². The van der Waals surface area contributed by atoms with Crippen molar-refractivity contribution in [3.8, 4) is 0 Å². The van der Waals surface area contributed by atoms with Crippen molar-refractivity contribution in [1.29, 1.82) is 0 Å². The fourth-order valence-corrected chi connectivity index (χ4v) is 2.39. The first-order valence-electron chi connectivity index (χ1n) is 6.65. The molecule has 0 fully saturated rings. The first-order valence-corrected chi connectivity index (χ1v) is 6.65. The Kier molecular flexibility index (Phi) is 4.73. The van der Waals surface area contributed by atoms with Crippen LogP contribution in [-0.4, -0.2) is 20.6 Å². The molecule has 2 aromatic carbocycles. The second kappa shape index (κ2) is 6.53. The van der Waals surface area contributed by atoms with Crippen LogP contribution in [-0.2, 0) is 0 Å². The Hall–Kier alpha value is -1.38. The van der Waals surface area contributed by atoms with Gasteiger partial charge in [-0.15, -0.1) is 0 Å². The van der Waals surface area contributed by atoms with Crippen molar-refractivity contribution in [3.05, 3.63) is 48.0 Å². The lowest BCUT2D eigenvalue weighted by Gasteiger charge is -2.17. The minimum atomic E-state index is 0.447. The van der Waals surface area contributed by atoms with Gasteiger partial charge in [-0.05, 0) is 55.9 Å². The number of rotatable bonds is 6. The molecule has 0 saturated heterocycles. The van der Waals surface area contributed by atoms with Gasteiger partial charge in [-0.25, -0.2) is 0 Å². The Balaban J connectivity index is 2.17. The van der Waals surface area contributed by atoms with Gasteiger partial charge in [0.1, 0.15) is 0 Å². The van der Waals surface area contributed by atoms with Crippen LogP contribution in [0.5, 0.6) is 0 Å². The minimum Gasteiger partial charge on any atom is -0.320 e. The molecule has 0 aliphatic rings. The van der Waals surface area contributed by atoms with Crippen LogP contribution in [0.3, 0.4) is 0 Å².